The minimum atomic E-state index is -0.715. The molecule has 1 unspecified atom stereocenters. The predicted octanol–water partition coefficient (Wildman–Crippen LogP) is 6.24. The Morgan fingerprint density at radius 1 is 0.923 bits per heavy atom. The van der Waals surface area contributed by atoms with E-state index >= 15 is 0 Å². The molecule has 0 aromatic heterocycles. The molecule has 26 heavy (non-hydrogen) atoms. The summed E-state index contributed by atoms with van der Waals surface area (Å²) in [6.07, 6.45) is 27.4. The van der Waals surface area contributed by atoms with Gasteiger partial charge in [-0.15, -0.1) is 0 Å². The average molecular weight is 363 g/mol. The van der Waals surface area contributed by atoms with Crippen molar-refractivity contribution in [3.8, 4) is 0 Å². The van der Waals surface area contributed by atoms with Gasteiger partial charge in [-0.05, 0) is 44.9 Å². The molecule has 0 fully saturated rings. The molecule has 0 saturated heterocycles. The molecule has 0 amide bonds. The second-order valence-corrected chi connectivity index (χ2v) is 5.98. The number of hydrogen-bond donors (Lipinski definition) is 2. The Kier molecular flexibility index (Phi) is 18.0. The highest BCUT2D eigenvalue weighted by atomic mass is 17.1. The molecule has 0 bridgehead atoms. The Morgan fingerprint density at radius 3 is 2.38 bits per heavy atom. The maximum absolute atomic E-state index is 10.4. The molecule has 0 radical (unpaired) electrons. The van der Waals surface area contributed by atoms with Crippen LogP contribution in [0.2, 0.25) is 0 Å². The van der Waals surface area contributed by atoms with E-state index in [1.807, 2.05) is 30.4 Å². The molecule has 0 aliphatic rings. The van der Waals surface area contributed by atoms with Gasteiger partial charge in [0.15, 0.2) is 0 Å². The van der Waals surface area contributed by atoms with E-state index in [1.54, 1.807) is 0 Å². The quantitative estimate of drug-likeness (QED) is 0.112. The average Bonchev–Trinajstić information content (AvgIpc) is 2.63. The van der Waals surface area contributed by atoms with Gasteiger partial charge >= 0.3 is 5.97 Å². The van der Waals surface area contributed by atoms with Gasteiger partial charge in [-0.2, -0.15) is 0 Å². The molecule has 0 aliphatic carbocycles. The topological polar surface area (TPSA) is 66.8 Å². The first-order chi connectivity index (χ1) is 12.7. The maximum Gasteiger partial charge on any atom is 0.303 e. The van der Waals surface area contributed by atoms with Crippen molar-refractivity contribution in [1.29, 1.82) is 0 Å². The second kappa shape index (κ2) is 19.4. The van der Waals surface area contributed by atoms with Crippen LogP contribution in [0.15, 0.2) is 60.8 Å². The van der Waals surface area contributed by atoms with Crippen LogP contribution in [0.3, 0.4) is 0 Å². The fraction of sp³-hybridized carbons (Fsp3) is 0.500. The lowest BCUT2D eigenvalue weighted by Gasteiger charge is -2.03. The van der Waals surface area contributed by atoms with E-state index in [0.29, 0.717) is 6.42 Å². The Morgan fingerprint density at radius 2 is 1.65 bits per heavy atom. The highest BCUT2D eigenvalue weighted by Crippen LogP contribution is 2.04. The first kappa shape index (κ1) is 24.1. The SMILES string of the molecule is CCC=CCC=CCC(C=CC=CCC=CCCCCCC(=O)O)OO. The zero-order valence-corrected chi connectivity index (χ0v) is 15.9. The third kappa shape index (κ3) is 18.4. The zero-order valence-electron chi connectivity index (χ0n) is 15.9. The molecule has 1 atom stereocenters. The molecule has 4 nitrogen and oxygen atoms in total. The van der Waals surface area contributed by atoms with Crippen LogP contribution in [-0.2, 0) is 9.68 Å². The summed E-state index contributed by atoms with van der Waals surface area (Å²) in [4.78, 5) is 14.8. The van der Waals surface area contributed by atoms with Gasteiger partial charge < -0.3 is 5.11 Å². The maximum atomic E-state index is 10.4. The third-order valence-electron chi connectivity index (χ3n) is 3.62. The number of carbonyl (C=O) groups is 1. The zero-order chi connectivity index (χ0) is 19.3. The first-order valence-corrected chi connectivity index (χ1v) is 9.51. The van der Waals surface area contributed by atoms with Gasteiger partial charge in [0, 0.05) is 6.42 Å². The number of carboxylic acid groups (broad SMARTS) is 1. The standard InChI is InChI=1S/C22H34O4/c1-2-3-4-5-12-15-18-21(26-25)19-16-13-10-8-6-7-9-11-14-17-20-22(23)24/h3-4,6-7,10,12-13,15-16,19,21,25H,2,5,8-9,11,14,17-18,20H2,1H3,(H,23,24). The summed E-state index contributed by atoms with van der Waals surface area (Å²) in [7, 11) is 0. The van der Waals surface area contributed by atoms with Gasteiger partial charge in [0.1, 0.15) is 6.10 Å². The van der Waals surface area contributed by atoms with Gasteiger partial charge in [-0.1, -0.05) is 74.1 Å². The Labute approximate surface area is 158 Å². The summed E-state index contributed by atoms with van der Waals surface area (Å²) in [6.45, 7) is 2.11. The molecule has 0 heterocycles. The van der Waals surface area contributed by atoms with Gasteiger partial charge in [0.25, 0.3) is 0 Å². The molecule has 0 saturated carbocycles. The van der Waals surface area contributed by atoms with Gasteiger partial charge in [0.05, 0.1) is 0 Å². The summed E-state index contributed by atoms with van der Waals surface area (Å²) < 4.78 is 0. The van der Waals surface area contributed by atoms with Gasteiger partial charge in [0.2, 0.25) is 0 Å². The van der Waals surface area contributed by atoms with Crippen LogP contribution in [0.1, 0.15) is 64.7 Å². The van der Waals surface area contributed by atoms with Crippen molar-refractivity contribution in [2.45, 2.75) is 70.8 Å². The number of aliphatic carboxylic acids is 1. The Balaban J connectivity index is 3.77. The van der Waals surface area contributed by atoms with Gasteiger partial charge in [-0.3, -0.25) is 10.1 Å². The minimum absolute atomic E-state index is 0.267. The number of allylic oxidation sites excluding steroid dienone is 8. The molecular weight excluding hydrogens is 328 g/mol. The summed E-state index contributed by atoms with van der Waals surface area (Å²) in [6, 6.07) is 0. The summed E-state index contributed by atoms with van der Waals surface area (Å²) >= 11 is 0. The Hall–Kier alpha value is -1.91. The van der Waals surface area contributed by atoms with Crippen LogP contribution in [0.5, 0.6) is 0 Å². The fourth-order valence-electron chi connectivity index (χ4n) is 2.18. The lowest BCUT2D eigenvalue weighted by molar-refractivity contribution is -0.264. The number of hydrogen-bond acceptors (Lipinski definition) is 3. The molecule has 0 aliphatic heterocycles. The van der Waals surface area contributed by atoms with E-state index in [2.05, 4.69) is 42.2 Å². The van der Waals surface area contributed by atoms with Crippen LogP contribution < -0.4 is 0 Å². The monoisotopic (exact) mass is 362 g/mol. The van der Waals surface area contributed by atoms with Gasteiger partial charge in [-0.25, -0.2) is 4.89 Å². The number of rotatable bonds is 16. The highest BCUT2D eigenvalue weighted by Gasteiger charge is 1.99. The van der Waals surface area contributed by atoms with Crippen LogP contribution in [0.25, 0.3) is 0 Å². The molecule has 0 rings (SSSR count). The van der Waals surface area contributed by atoms with Crippen molar-refractivity contribution in [1.82, 2.24) is 0 Å². The van der Waals surface area contributed by atoms with E-state index in [-0.39, 0.29) is 12.5 Å². The molecule has 0 spiro atoms. The van der Waals surface area contributed by atoms with E-state index < -0.39 is 5.97 Å². The first-order valence-electron chi connectivity index (χ1n) is 9.51. The van der Waals surface area contributed by atoms with E-state index in [1.165, 1.54) is 0 Å². The van der Waals surface area contributed by atoms with Crippen LogP contribution in [0.4, 0.5) is 0 Å². The molecular formula is C22H34O4. The summed E-state index contributed by atoms with van der Waals surface area (Å²) in [5.41, 5.74) is 0. The van der Waals surface area contributed by atoms with Crippen LogP contribution in [0, 0.1) is 0 Å². The molecule has 146 valence electrons. The van der Waals surface area contributed by atoms with Crippen molar-refractivity contribution in [3.63, 3.8) is 0 Å². The van der Waals surface area contributed by atoms with Crippen molar-refractivity contribution in [2.75, 3.05) is 0 Å². The number of unbranched alkanes of at least 4 members (excludes halogenated alkanes) is 3. The van der Waals surface area contributed by atoms with Crippen LogP contribution >= 0.6 is 0 Å². The van der Waals surface area contributed by atoms with Crippen molar-refractivity contribution >= 4 is 5.97 Å². The highest BCUT2D eigenvalue weighted by molar-refractivity contribution is 5.66. The van der Waals surface area contributed by atoms with Crippen molar-refractivity contribution in [3.05, 3.63) is 60.8 Å². The lowest BCUT2D eigenvalue weighted by atomic mass is 10.1. The molecule has 2 N–H and O–H groups in total. The van der Waals surface area contributed by atoms with E-state index in [9.17, 15) is 4.79 Å². The predicted molar refractivity (Wildman–Crippen MR) is 108 cm³/mol. The normalized spacial score (nSPS) is 13.9. The van der Waals surface area contributed by atoms with Crippen LogP contribution in [-0.4, -0.2) is 22.4 Å². The summed E-state index contributed by atoms with van der Waals surface area (Å²) in [5.74, 6) is -0.715. The van der Waals surface area contributed by atoms with Crippen molar-refractivity contribution in [2.24, 2.45) is 0 Å². The van der Waals surface area contributed by atoms with Crippen molar-refractivity contribution < 1.29 is 20.0 Å². The third-order valence-corrected chi connectivity index (χ3v) is 3.62. The second-order valence-electron chi connectivity index (χ2n) is 5.98. The smallest absolute Gasteiger partial charge is 0.303 e. The van der Waals surface area contributed by atoms with E-state index in [0.717, 1.165) is 44.9 Å². The minimum Gasteiger partial charge on any atom is -0.481 e. The fourth-order valence-corrected chi connectivity index (χ4v) is 2.18. The largest absolute Gasteiger partial charge is 0.481 e. The molecule has 0 aromatic rings. The molecule has 4 heteroatoms. The number of carboxylic acids is 1. The molecule has 0 aromatic carbocycles. The van der Waals surface area contributed by atoms with E-state index in [4.69, 9.17) is 10.4 Å². The Bertz CT molecular complexity index is 473. The summed E-state index contributed by atoms with van der Waals surface area (Å²) in [5, 5.41) is 17.4. The lowest BCUT2D eigenvalue weighted by Crippen LogP contribution is -2.04.